The summed E-state index contributed by atoms with van der Waals surface area (Å²) in [6, 6.07) is 0. The fourth-order valence-electron chi connectivity index (χ4n) is 1.32. The third-order valence-corrected chi connectivity index (χ3v) is 2.03. The normalized spacial score (nSPS) is 22.4. The molecule has 1 aliphatic rings. The molecule has 1 unspecified atom stereocenters. The van der Waals surface area contributed by atoms with Crippen molar-refractivity contribution in [3.05, 3.63) is 0 Å². The number of hydrogen-bond acceptors (Lipinski definition) is 3. The SMILES string of the molecule is CC(C)(C)OC(=O)N1CCOC(C(F)F)C1. The molecule has 1 heterocycles. The summed E-state index contributed by atoms with van der Waals surface area (Å²) in [4.78, 5) is 12.8. The van der Waals surface area contributed by atoms with Crippen molar-refractivity contribution < 1.29 is 23.0 Å². The Labute approximate surface area is 93.5 Å². The minimum atomic E-state index is -2.58. The van der Waals surface area contributed by atoms with Crippen LogP contribution in [-0.4, -0.2) is 48.8 Å². The Morgan fingerprint density at radius 2 is 2.12 bits per heavy atom. The number of amides is 1. The van der Waals surface area contributed by atoms with Crippen LogP contribution in [-0.2, 0) is 9.47 Å². The fraction of sp³-hybridized carbons (Fsp3) is 0.900. The van der Waals surface area contributed by atoms with E-state index in [0.717, 1.165) is 0 Å². The highest BCUT2D eigenvalue weighted by atomic mass is 19.3. The number of morpholine rings is 1. The molecule has 16 heavy (non-hydrogen) atoms. The van der Waals surface area contributed by atoms with E-state index in [1.54, 1.807) is 20.8 Å². The van der Waals surface area contributed by atoms with Crippen molar-refractivity contribution in [1.29, 1.82) is 0 Å². The maximum Gasteiger partial charge on any atom is 0.410 e. The van der Waals surface area contributed by atoms with Gasteiger partial charge in [-0.25, -0.2) is 13.6 Å². The summed E-state index contributed by atoms with van der Waals surface area (Å²) in [5.74, 6) is 0. The van der Waals surface area contributed by atoms with Crippen molar-refractivity contribution in [2.24, 2.45) is 0 Å². The Morgan fingerprint density at radius 3 is 2.62 bits per heavy atom. The number of rotatable bonds is 1. The second-order valence-corrected chi connectivity index (χ2v) is 4.67. The Bertz CT molecular complexity index is 253. The molecule has 0 aromatic heterocycles. The van der Waals surface area contributed by atoms with Gasteiger partial charge in [-0.1, -0.05) is 0 Å². The molecule has 1 amide bonds. The molecule has 1 saturated heterocycles. The highest BCUT2D eigenvalue weighted by molar-refractivity contribution is 5.68. The van der Waals surface area contributed by atoms with Gasteiger partial charge in [-0.15, -0.1) is 0 Å². The molecule has 1 rings (SSSR count). The van der Waals surface area contributed by atoms with Gasteiger partial charge in [0.2, 0.25) is 0 Å². The molecule has 0 N–H and O–H groups in total. The van der Waals surface area contributed by atoms with E-state index < -0.39 is 24.2 Å². The van der Waals surface area contributed by atoms with Gasteiger partial charge in [-0.2, -0.15) is 0 Å². The lowest BCUT2D eigenvalue weighted by molar-refractivity contribution is -0.102. The number of carbonyl (C=O) groups is 1. The monoisotopic (exact) mass is 237 g/mol. The van der Waals surface area contributed by atoms with Crippen LogP contribution in [0.25, 0.3) is 0 Å². The molecule has 1 aliphatic heterocycles. The van der Waals surface area contributed by atoms with Crippen molar-refractivity contribution in [3.8, 4) is 0 Å². The summed E-state index contributed by atoms with van der Waals surface area (Å²) in [6.07, 6.45) is -4.35. The molecule has 0 aromatic rings. The second-order valence-electron chi connectivity index (χ2n) is 4.67. The quantitative estimate of drug-likeness (QED) is 0.699. The van der Waals surface area contributed by atoms with E-state index in [0.29, 0.717) is 0 Å². The van der Waals surface area contributed by atoms with Crippen LogP contribution in [0.5, 0.6) is 0 Å². The lowest BCUT2D eigenvalue weighted by Gasteiger charge is -2.33. The first-order valence-corrected chi connectivity index (χ1v) is 5.17. The van der Waals surface area contributed by atoms with Crippen molar-refractivity contribution >= 4 is 6.09 Å². The van der Waals surface area contributed by atoms with Gasteiger partial charge in [-0.05, 0) is 20.8 Å². The van der Waals surface area contributed by atoms with E-state index in [2.05, 4.69) is 0 Å². The minimum Gasteiger partial charge on any atom is -0.444 e. The molecule has 6 heteroatoms. The van der Waals surface area contributed by atoms with Gasteiger partial charge in [0.1, 0.15) is 11.7 Å². The number of ether oxygens (including phenoxy) is 2. The largest absolute Gasteiger partial charge is 0.444 e. The van der Waals surface area contributed by atoms with Gasteiger partial charge in [0.05, 0.1) is 13.2 Å². The van der Waals surface area contributed by atoms with Crippen LogP contribution >= 0.6 is 0 Å². The van der Waals surface area contributed by atoms with Crippen LogP contribution in [0.1, 0.15) is 20.8 Å². The number of carbonyl (C=O) groups excluding carboxylic acids is 1. The average Bonchev–Trinajstić information content (AvgIpc) is 2.15. The van der Waals surface area contributed by atoms with Crippen LogP contribution in [0.15, 0.2) is 0 Å². The third-order valence-electron chi connectivity index (χ3n) is 2.03. The zero-order valence-electron chi connectivity index (χ0n) is 9.70. The molecule has 0 aromatic carbocycles. The maximum atomic E-state index is 12.4. The molecule has 1 fully saturated rings. The summed E-state index contributed by atoms with van der Waals surface area (Å²) in [5.41, 5.74) is -0.615. The summed E-state index contributed by atoms with van der Waals surface area (Å²) in [6.45, 7) is 5.49. The number of nitrogens with zero attached hydrogens (tertiary/aromatic N) is 1. The van der Waals surface area contributed by atoms with Crippen molar-refractivity contribution in [3.63, 3.8) is 0 Å². The van der Waals surface area contributed by atoms with Gasteiger partial charge in [0.15, 0.2) is 0 Å². The predicted molar refractivity (Wildman–Crippen MR) is 53.6 cm³/mol. The maximum absolute atomic E-state index is 12.4. The van der Waals surface area contributed by atoms with Crippen LogP contribution < -0.4 is 0 Å². The lowest BCUT2D eigenvalue weighted by Crippen LogP contribution is -2.49. The highest BCUT2D eigenvalue weighted by Crippen LogP contribution is 2.16. The molecule has 4 nitrogen and oxygen atoms in total. The van der Waals surface area contributed by atoms with Gasteiger partial charge in [-0.3, -0.25) is 0 Å². The Balaban J connectivity index is 2.50. The zero-order chi connectivity index (χ0) is 12.3. The smallest absolute Gasteiger partial charge is 0.410 e. The van der Waals surface area contributed by atoms with Crippen LogP contribution in [0, 0.1) is 0 Å². The Kier molecular flexibility index (Phi) is 4.07. The summed E-state index contributed by atoms with van der Waals surface area (Å²) in [7, 11) is 0. The molecule has 94 valence electrons. The van der Waals surface area contributed by atoms with E-state index in [1.165, 1.54) is 4.90 Å². The van der Waals surface area contributed by atoms with Gasteiger partial charge < -0.3 is 14.4 Å². The topological polar surface area (TPSA) is 38.8 Å². The Morgan fingerprint density at radius 1 is 1.50 bits per heavy atom. The van der Waals surface area contributed by atoms with E-state index >= 15 is 0 Å². The van der Waals surface area contributed by atoms with Crippen LogP contribution in [0.3, 0.4) is 0 Å². The standard InChI is InChI=1S/C10H17F2NO3/c1-10(2,3)16-9(14)13-4-5-15-7(6-13)8(11)12/h7-8H,4-6H2,1-3H3. The molecule has 0 bridgehead atoms. The second kappa shape index (κ2) is 4.95. The van der Waals surface area contributed by atoms with Crippen molar-refractivity contribution in [1.82, 2.24) is 4.90 Å². The van der Waals surface area contributed by atoms with E-state index in [-0.39, 0.29) is 19.7 Å². The van der Waals surface area contributed by atoms with Gasteiger partial charge >= 0.3 is 6.09 Å². The Hall–Kier alpha value is -0.910. The first-order chi connectivity index (χ1) is 7.29. The predicted octanol–water partition coefficient (Wildman–Crippen LogP) is 1.89. The highest BCUT2D eigenvalue weighted by Gasteiger charge is 2.32. The van der Waals surface area contributed by atoms with Crippen LogP contribution in [0.2, 0.25) is 0 Å². The van der Waals surface area contributed by atoms with Crippen LogP contribution in [0.4, 0.5) is 13.6 Å². The van der Waals surface area contributed by atoms with E-state index in [9.17, 15) is 13.6 Å². The summed E-state index contributed by atoms with van der Waals surface area (Å²) in [5, 5.41) is 0. The zero-order valence-corrected chi connectivity index (χ0v) is 9.70. The van der Waals surface area contributed by atoms with Crippen molar-refractivity contribution in [2.75, 3.05) is 19.7 Å². The molecule has 1 atom stereocenters. The number of alkyl halides is 2. The molecular formula is C10H17F2NO3. The molecule has 0 radical (unpaired) electrons. The molecule has 0 spiro atoms. The molecular weight excluding hydrogens is 220 g/mol. The first kappa shape index (κ1) is 13.2. The van der Waals surface area contributed by atoms with Gasteiger partial charge in [0, 0.05) is 6.54 Å². The first-order valence-electron chi connectivity index (χ1n) is 5.17. The van der Waals surface area contributed by atoms with Gasteiger partial charge in [0.25, 0.3) is 6.43 Å². The lowest BCUT2D eigenvalue weighted by atomic mass is 10.2. The van der Waals surface area contributed by atoms with Crippen molar-refractivity contribution in [2.45, 2.75) is 38.9 Å². The molecule has 0 saturated carbocycles. The number of hydrogen-bond donors (Lipinski definition) is 0. The fourth-order valence-corrected chi connectivity index (χ4v) is 1.32. The minimum absolute atomic E-state index is 0.118. The number of halogens is 2. The summed E-state index contributed by atoms with van der Waals surface area (Å²) >= 11 is 0. The van der Waals surface area contributed by atoms with E-state index in [1.807, 2.05) is 0 Å². The summed E-state index contributed by atoms with van der Waals surface area (Å²) < 4.78 is 34.7. The third kappa shape index (κ3) is 3.92. The molecule has 0 aliphatic carbocycles. The average molecular weight is 237 g/mol. The van der Waals surface area contributed by atoms with E-state index in [4.69, 9.17) is 9.47 Å².